The summed E-state index contributed by atoms with van der Waals surface area (Å²) in [6.07, 6.45) is 2.85. The average molecular weight is 384 g/mol. The van der Waals surface area contributed by atoms with E-state index in [4.69, 9.17) is 4.74 Å². The molecule has 0 aliphatic carbocycles. The Balaban J connectivity index is 2.42. The van der Waals surface area contributed by atoms with E-state index in [0.29, 0.717) is 15.6 Å². The molecule has 116 valence electrons. The Kier molecular flexibility index (Phi) is 4.97. The van der Waals surface area contributed by atoms with Crippen LogP contribution >= 0.6 is 15.9 Å². The number of halogens is 1. The first-order chi connectivity index (χ1) is 10.3. The first-order valence-electron chi connectivity index (χ1n) is 6.34. The second kappa shape index (κ2) is 6.58. The zero-order valence-electron chi connectivity index (χ0n) is 12.0. The van der Waals surface area contributed by atoms with E-state index in [0.717, 1.165) is 0 Å². The van der Waals surface area contributed by atoms with Gasteiger partial charge >= 0.3 is 0 Å². The van der Waals surface area contributed by atoms with Crippen LogP contribution < -0.4 is 4.74 Å². The molecule has 2 aromatic rings. The fraction of sp³-hybridized carbons (Fsp3) is 0.200. The van der Waals surface area contributed by atoms with E-state index in [1.54, 1.807) is 12.1 Å². The molecule has 0 radical (unpaired) electrons. The zero-order chi connectivity index (χ0) is 16.3. The second-order valence-corrected chi connectivity index (χ2v) is 7.57. The molecule has 0 atom stereocenters. The molecule has 22 heavy (non-hydrogen) atoms. The summed E-state index contributed by atoms with van der Waals surface area (Å²) in [4.78, 5) is 15.4. The number of sulfone groups is 1. The van der Waals surface area contributed by atoms with E-state index in [9.17, 15) is 13.2 Å². The standard InChI is InChI=1S/C15H14BrNO4S/c1-10(18)12-5-11(7-17-8-12)9-22(19,20)15-6-13(16)3-4-14(15)21-2/h3-8H,9H2,1-2H3. The summed E-state index contributed by atoms with van der Waals surface area (Å²) < 4.78 is 31.0. The minimum atomic E-state index is -3.63. The number of nitrogens with zero attached hydrogens (tertiary/aromatic N) is 1. The van der Waals surface area contributed by atoms with E-state index >= 15 is 0 Å². The van der Waals surface area contributed by atoms with Crippen LogP contribution in [0.4, 0.5) is 0 Å². The average Bonchev–Trinajstić information content (AvgIpc) is 2.47. The molecule has 0 N–H and O–H groups in total. The molecule has 5 nitrogen and oxygen atoms in total. The van der Waals surface area contributed by atoms with Crippen molar-refractivity contribution < 1.29 is 17.9 Å². The molecule has 2 rings (SSSR count). The highest BCUT2D eigenvalue weighted by atomic mass is 79.9. The van der Waals surface area contributed by atoms with Gasteiger partial charge in [-0.05, 0) is 36.8 Å². The number of pyridine rings is 1. The number of benzene rings is 1. The normalized spacial score (nSPS) is 11.2. The van der Waals surface area contributed by atoms with Crippen LogP contribution in [-0.4, -0.2) is 26.3 Å². The number of ketones is 1. The van der Waals surface area contributed by atoms with Gasteiger partial charge in [-0.15, -0.1) is 0 Å². The summed E-state index contributed by atoms with van der Waals surface area (Å²) in [5, 5.41) is 0. The molecular formula is C15H14BrNO4S. The summed E-state index contributed by atoms with van der Waals surface area (Å²) in [5.74, 6) is -0.140. The van der Waals surface area contributed by atoms with Crippen LogP contribution in [0.5, 0.6) is 5.75 Å². The van der Waals surface area contributed by atoms with Gasteiger partial charge in [-0.25, -0.2) is 8.42 Å². The molecule has 0 aliphatic rings. The van der Waals surface area contributed by atoms with Crippen molar-refractivity contribution in [2.24, 2.45) is 0 Å². The molecule has 0 spiro atoms. The minimum Gasteiger partial charge on any atom is -0.495 e. The van der Waals surface area contributed by atoms with Gasteiger partial charge in [0.2, 0.25) is 0 Å². The highest BCUT2D eigenvalue weighted by molar-refractivity contribution is 9.10. The topological polar surface area (TPSA) is 73.3 Å². The molecule has 1 aromatic heterocycles. The number of carbonyl (C=O) groups is 1. The van der Waals surface area contributed by atoms with Crippen LogP contribution in [-0.2, 0) is 15.6 Å². The summed E-state index contributed by atoms with van der Waals surface area (Å²) in [5.41, 5.74) is 0.837. The lowest BCUT2D eigenvalue weighted by Gasteiger charge is -2.10. The zero-order valence-corrected chi connectivity index (χ0v) is 14.4. The summed E-state index contributed by atoms with van der Waals surface area (Å²) >= 11 is 3.26. The Bertz CT molecular complexity index is 818. The van der Waals surface area contributed by atoms with Crippen molar-refractivity contribution >= 4 is 31.6 Å². The Hall–Kier alpha value is -1.73. The Morgan fingerprint density at radius 2 is 2.00 bits per heavy atom. The molecule has 0 saturated heterocycles. The fourth-order valence-electron chi connectivity index (χ4n) is 1.95. The molecule has 0 unspecified atom stereocenters. The molecule has 0 bridgehead atoms. The molecule has 0 aliphatic heterocycles. The van der Waals surface area contributed by atoms with Gasteiger partial charge < -0.3 is 4.74 Å². The lowest BCUT2D eigenvalue weighted by Crippen LogP contribution is -2.08. The van der Waals surface area contributed by atoms with Gasteiger partial charge in [0.15, 0.2) is 15.6 Å². The number of hydrogen-bond acceptors (Lipinski definition) is 5. The third-order valence-electron chi connectivity index (χ3n) is 3.02. The molecule has 0 fully saturated rings. The first-order valence-corrected chi connectivity index (χ1v) is 8.79. The van der Waals surface area contributed by atoms with Crippen LogP contribution in [0.15, 0.2) is 46.0 Å². The van der Waals surface area contributed by atoms with E-state index in [-0.39, 0.29) is 22.2 Å². The van der Waals surface area contributed by atoms with Crippen molar-refractivity contribution in [2.75, 3.05) is 7.11 Å². The van der Waals surface area contributed by atoms with E-state index in [2.05, 4.69) is 20.9 Å². The van der Waals surface area contributed by atoms with E-state index in [1.807, 2.05) is 0 Å². The molecule has 0 amide bonds. The quantitative estimate of drug-likeness (QED) is 0.741. The number of rotatable bonds is 5. The van der Waals surface area contributed by atoms with Gasteiger partial charge in [0.1, 0.15) is 10.6 Å². The SMILES string of the molecule is COc1ccc(Br)cc1S(=O)(=O)Cc1cncc(C(C)=O)c1. The van der Waals surface area contributed by atoms with Crippen LogP contribution in [0.3, 0.4) is 0 Å². The van der Waals surface area contributed by atoms with Gasteiger partial charge in [-0.1, -0.05) is 15.9 Å². The minimum absolute atomic E-state index is 0.0950. The van der Waals surface area contributed by atoms with Gasteiger partial charge in [0.05, 0.1) is 12.9 Å². The third kappa shape index (κ3) is 3.72. The molecular weight excluding hydrogens is 370 g/mol. The smallest absolute Gasteiger partial charge is 0.186 e. The number of methoxy groups -OCH3 is 1. The van der Waals surface area contributed by atoms with Crippen LogP contribution in [0.2, 0.25) is 0 Å². The maximum atomic E-state index is 12.6. The summed E-state index contributed by atoms with van der Waals surface area (Å²) in [7, 11) is -2.21. The Labute approximate surface area is 137 Å². The fourth-order valence-corrected chi connectivity index (χ4v) is 3.98. The monoisotopic (exact) mass is 383 g/mol. The van der Waals surface area contributed by atoms with Crippen molar-refractivity contribution in [3.63, 3.8) is 0 Å². The van der Waals surface area contributed by atoms with Crippen molar-refractivity contribution in [3.05, 3.63) is 52.3 Å². The van der Waals surface area contributed by atoms with Gasteiger partial charge in [-0.3, -0.25) is 9.78 Å². The van der Waals surface area contributed by atoms with Gasteiger partial charge in [-0.2, -0.15) is 0 Å². The third-order valence-corrected chi connectivity index (χ3v) is 5.21. The van der Waals surface area contributed by atoms with Crippen LogP contribution in [0.1, 0.15) is 22.8 Å². The highest BCUT2D eigenvalue weighted by Crippen LogP contribution is 2.29. The maximum absolute atomic E-state index is 12.6. The largest absolute Gasteiger partial charge is 0.495 e. The predicted octanol–water partition coefficient (Wildman–Crippen LogP) is 3.03. The maximum Gasteiger partial charge on any atom is 0.186 e. The van der Waals surface area contributed by atoms with E-state index in [1.165, 1.54) is 38.6 Å². The number of Topliss-reactive ketones (excluding diaryl/α,β-unsaturated/α-hetero) is 1. The number of hydrogen-bond donors (Lipinski definition) is 0. The number of ether oxygens (including phenoxy) is 1. The summed E-state index contributed by atoms with van der Waals surface area (Å²) in [6, 6.07) is 6.32. The molecule has 1 heterocycles. The van der Waals surface area contributed by atoms with Gasteiger partial charge in [0, 0.05) is 22.4 Å². The van der Waals surface area contributed by atoms with Crippen molar-refractivity contribution in [1.82, 2.24) is 4.98 Å². The first kappa shape index (κ1) is 16.6. The Morgan fingerprint density at radius 1 is 1.27 bits per heavy atom. The van der Waals surface area contributed by atoms with Gasteiger partial charge in [0.25, 0.3) is 0 Å². The van der Waals surface area contributed by atoms with Crippen molar-refractivity contribution in [2.45, 2.75) is 17.6 Å². The van der Waals surface area contributed by atoms with E-state index < -0.39 is 9.84 Å². The molecule has 7 heteroatoms. The lowest BCUT2D eigenvalue weighted by atomic mass is 10.2. The molecule has 1 aromatic carbocycles. The highest BCUT2D eigenvalue weighted by Gasteiger charge is 2.21. The summed E-state index contributed by atoms with van der Waals surface area (Å²) in [6.45, 7) is 1.41. The second-order valence-electron chi connectivity index (χ2n) is 4.69. The van der Waals surface area contributed by atoms with Crippen LogP contribution in [0, 0.1) is 0 Å². The number of aromatic nitrogens is 1. The Morgan fingerprint density at radius 3 is 2.64 bits per heavy atom. The molecule has 0 saturated carbocycles. The predicted molar refractivity (Wildman–Crippen MR) is 85.8 cm³/mol. The van der Waals surface area contributed by atoms with Crippen molar-refractivity contribution in [1.29, 1.82) is 0 Å². The van der Waals surface area contributed by atoms with Crippen molar-refractivity contribution in [3.8, 4) is 5.75 Å². The van der Waals surface area contributed by atoms with Crippen LogP contribution in [0.25, 0.3) is 0 Å². The lowest BCUT2D eigenvalue weighted by molar-refractivity contribution is 0.101. The number of carbonyl (C=O) groups excluding carboxylic acids is 1.